The molecule has 8 heteroatoms. The second kappa shape index (κ2) is 7.66. The number of carbonyl (C=O) groups excluding carboxylic acids is 1. The molecule has 3 aromatic rings. The first-order valence-corrected chi connectivity index (χ1v) is 9.79. The summed E-state index contributed by atoms with van der Waals surface area (Å²) < 4.78 is 7.10. The number of fused-ring (bicyclic) bond motifs is 1. The molecule has 7 nitrogen and oxygen atoms in total. The monoisotopic (exact) mass is 383 g/mol. The van der Waals surface area contributed by atoms with Gasteiger partial charge in [0.05, 0.1) is 13.2 Å². The van der Waals surface area contributed by atoms with Crippen LogP contribution < -0.4 is 0 Å². The summed E-state index contributed by atoms with van der Waals surface area (Å²) in [6, 6.07) is 11.7. The van der Waals surface area contributed by atoms with Crippen LogP contribution in [0.3, 0.4) is 0 Å². The maximum atomic E-state index is 13.2. The lowest BCUT2D eigenvalue weighted by molar-refractivity contribution is -0.134. The molecular weight excluding hydrogens is 362 g/mol. The van der Waals surface area contributed by atoms with Crippen molar-refractivity contribution in [3.05, 3.63) is 53.3 Å². The number of amides is 1. The number of nitrogens with zero attached hydrogens (tertiary/aromatic N) is 5. The summed E-state index contributed by atoms with van der Waals surface area (Å²) in [5.74, 6) is 0.620. The Morgan fingerprint density at radius 1 is 1.15 bits per heavy atom. The maximum absolute atomic E-state index is 13.2. The summed E-state index contributed by atoms with van der Waals surface area (Å²) in [4.78, 5) is 24.0. The summed E-state index contributed by atoms with van der Waals surface area (Å²) in [6.07, 6.45) is 0. The van der Waals surface area contributed by atoms with Gasteiger partial charge in [0, 0.05) is 24.5 Å². The molecule has 1 fully saturated rings. The van der Waals surface area contributed by atoms with Crippen LogP contribution in [0.25, 0.3) is 5.78 Å². The van der Waals surface area contributed by atoms with Gasteiger partial charge in [-0.15, -0.1) is 5.10 Å². The van der Waals surface area contributed by atoms with Crippen LogP contribution in [0.1, 0.15) is 22.2 Å². The van der Waals surface area contributed by atoms with Crippen LogP contribution in [0.2, 0.25) is 0 Å². The zero-order valence-corrected chi connectivity index (χ0v) is 16.1. The van der Waals surface area contributed by atoms with E-state index in [1.807, 2.05) is 55.1 Å². The summed E-state index contributed by atoms with van der Waals surface area (Å²) in [6.45, 7) is 6.28. The van der Waals surface area contributed by atoms with Crippen molar-refractivity contribution in [2.45, 2.75) is 24.3 Å². The molecule has 1 amide bonds. The molecule has 1 saturated heterocycles. The smallest absolute Gasteiger partial charge is 0.253 e. The fourth-order valence-electron chi connectivity index (χ4n) is 3.14. The number of aromatic nitrogens is 4. The van der Waals surface area contributed by atoms with Crippen LogP contribution in [0.4, 0.5) is 0 Å². The lowest BCUT2D eigenvalue weighted by Crippen LogP contribution is -2.42. The van der Waals surface area contributed by atoms with Crippen molar-refractivity contribution in [1.29, 1.82) is 0 Å². The Hall–Kier alpha value is -2.45. The third kappa shape index (κ3) is 3.81. The molecule has 0 saturated carbocycles. The predicted molar refractivity (Wildman–Crippen MR) is 103 cm³/mol. The molecule has 27 heavy (non-hydrogen) atoms. The van der Waals surface area contributed by atoms with Crippen molar-refractivity contribution in [2.24, 2.45) is 0 Å². The Kier molecular flexibility index (Phi) is 5.09. The van der Waals surface area contributed by atoms with Gasteiger partial charge in [-0.25, -0.2) is 9.50 Å². The molecule has 1 aliphatic rings. The van der Waals surface area contributed by atoms with E-state index in [2.05, 4.69) is 15.1 Å². The Bertz CT molecular complexity index is 953. The van der Waals surface area contributed by atoms with Gasteiger partial charge in [-0.1, -0.05) is 42.1 Å². The Balaban J connectivity index is 1.67. The molecule has 0 unspecified atom stereocenters. The van der Waals surface area contributed by atoms with Gasteiger partial charge in [-0.2, -0.15) is 4.98 Å². The molecule has 1 atom stereocenters. The average Bonchev–Trinajstić information content (AvgIpc) is 3.10. The number of benzene rings is 1. The normalized spacial score (nSPS) is 15.9. The number of morpholine rings is 1. The first-order chi connectivity index (χ1) is 13.1. The highest BCUT2D eigenvalue weighted by atomic mass is 32.2. The van der Waals surface area contributed by atoms with Crippen molar-refractivity contribution >= 4 is 23.4 Å². The van der Waals surface area contributed by atoms with Gasteiger partial charge >= 0.3 is 0 Å². The Morgan fingerprint density at radius 3 is 2.63 bits per heavy atom. The van der Waals surface area contributed by atoms with E-state index in [0.29, 0.717) is 37.2 Å². The van der Waals surface area contributed by atoms with Crippen LogP contribution >= 0.6 is 11.8 Å². The lowest BCUT2D eigenvalue weighted by Gasteiger charge is -2.30. The largest absolute Gasteiger partial charge is 0.378 e. The highest BCUT2D eigenvalue weighted by Crippen LogP contribution is 2.35. The average molecular weight is 383 g/mol. The molecule has 0 N–H and O–H groups in total. The number of aryl methyl sites for hydroxylation is 2. The minimum absolute atomic E-state index is 0.0641. The zero-order valence-electron chi connectivity index (χ0n) is 15.3. The van der Waals surface area contributed by atoms with Gasteiger partial charge in [0.1, 0.15) is 5.25 Å². The van der Waals surface area contributed by atoms with E-state index in [1.165, 1.54) is 11.8 Å². The second-order valence-corrected chi connectivity index (χ2v) is 7.56. The lowest BCUT2D eigenvalue weighted by atomic mass is 10.1. The second-order valence-electron chi connectivity index (χ2n) is 6.49. The summed E-state index contributed by atoms with van der Waals surface area (Å²) in [5.41, 5.74) is 2.80. The van der Waals surface area contributed by atoms with E-state index < -0.39 is 5.25 Å². The van der Waals surface area contributed by atoms with Gasteiger partial charge in [0.15, 0.2) is 0 Å². The van der Waals surface area contributed by atoms with E-state index in [1.54, 1.807) is 4.52 Å². The predicted octanol–water partition coefficient (Wildman–Crippen LogP) is 2.43. The number of hydrogen-bond acceptors (Lipinski definition) is 6. The summed E-state index contributed by atoms with van der Waals surface area (Å²) in [7, 11) is 0. The van der Waals surface area contributed by atoms with Gasteiger partial charge in [-0.05, 0) is 25.5 Å². The van der Waals surface area contributed by atoms with Gasteiger partial charge in [-0.3, -0.25) is 4.79 Å². The van der Waals surface area contributed by atoms with Crippen molar-refractivity contribution in [3.63, 3.8) is 0 Å². The molecule has 1 aromatic carbocycles. The van der Waals surface area contributed by atoms with E-state index in [9.17, 15) is 4.79 Å². The van der Waals surface area contributed by atoms with Crippen molar-refractivity contribution < 1.29 is 9.53 Å². The molecule has 0 bridgehead atoms. The van der Waals surface area contributed by atoms with Crippen LogP contribution in [-0.2, 0) is 9.53 Å². The van der Waals surface area contributed by atoms with Crippen LogP contribution in [0, 0.1) is 13.8 Å². The van der Waals surface area contributed by atoms with Gasteiger partial charge in [0.25, 0.3) is 5.78 Å². The van der Waals surface area contributed by atoms with E-state index >= 15 is 0 Å². The van der Waals surface area contributed by atoms with Crippen LogP contribution in [0.15, 0.2) is 41.6 Å². The van der Waals surface area contributed by atoms with Crippen molar-refractivity contribution in [1.82, 2.24) is 24.5 Å². The molecule has 3 heterocycles. The molecule has 4 rings (SSSR count). The SMILES string of the molecule is Cc1cc(C)n2nc(S[C@@H](C(=O)N3CCOCC3)c3ccccc3)nc2n1. The first-order valence-electron chi connectivity index (χ1n) is 8.91. The maximum Gasteiger partial charge on any atom is 0.253 e. The standard InChI is InChI=1S/C19H21N5O2S/c1-13-12-14(2)24-18(20-13)21-19(22-24)27-16(15-6-4-3-5-7-15)17(25)23-8-10-26-11-9-23/h3-7,12,16H,8-11H2,1-2H3/t16-/m1/s1. The third-order valence-corrected chi connectivity index (χ3v) is 5.56. The minimum atomic E-state index is -0.400. The zero-order chi connectivity index (χ0) is 18.8. The number of ether oxygens (including phenoxy) is 1. The third-order valence-electron chi connectivity index (χ3n) is 4.47. The van der Waals surface area contributed by atoms with E-state index in [-0.39, 0.29) is 5.91 Å². The van der Waals surface area contributed by atoms with Crippen LogP contribution in [-0.4, -0.2) is 56.7 Å². The molecule has 0 radical (unpaired) electrons. The molecule has 0 aliphatic carbocycles. The van der Waals surface area contributed by atoms with Gasteiger partial charge < -0.3 is 9.64 Å². The summed E-state index contributed by atoms with van der Waals surface area (Å²) in [5, 5.41) is 4.70. The van der Waals surface area contributed by atoms with Crippen LogP contribution in [0.5, 0.6) is 0 Å². The number of thioether (sulfide) groups is 1. The fourth-order valence-corrected chi connectivity index (χ4v) is 4.16. The quantitative estimate of drug-likeness (QED) is 0.645. The highest BCUT2D eigenvalue weighted by molar-refractivity contribution is 8.00. The molecule has 0 spiro atoms. The molecule has 140 valence electrons. The highest BCUT2D eigenvalue weighted by Gasteiger charge is 2.29. The fraction of sp³-hybridized carbons (Fsp3) is 0.368. The van der Waals surface area contributed by atoms with E-state index in [4.69, 9.17) is 4.74 Å². The molecule has 1 aliphatic heterocycles. The van der Waals surface area contributed by atoms with Crippen molar-refractivity contribution in [3.8, 4) is 0 Å². The number of rotatable bonds is 4. The first kappa shape index (κ1) is 17.9. The van der Waals surface area contributed by atoms with Gasteiger partial charge in [0.2, 0.25) is 11.1 Å². The number of carbonyl (C=O) groups is 1. The summed E-state index contributed by atoms with van der Waals surface area (Å²) >= 11 is 1.37. The Morgan fingerprint density at radius 2 is 1.89 bits per heavy atom. The van der Waals surface area contributed by atoms with Crippen molar-refractivity contribution in [2.75, 3.05) is 26.3 Å². The molecule has 2 aromatic heterocycles. The molecular formula is C19H21N5O2S. The van der Waals surface area contributed by atoms with E-state index in [0.717, 1.165) is 17.0 Å². The minimum Gasteiger partial charge on any atom is -0.378 e. The Labute approximate surface area is 161 Å². The topological polar surface area (TPSA) is 72.6 Å². The number of hydrogen-bond donors (Lipinski definition) is 0.